The fourth-order valence-corrected chi connectivity index (χ4v) is 9.08. The smallest absolute Gasteiger partial charge is 0.143 e. The Morgan fingerprint density at radius 3 is 1.52 bits per heavy atom. The monoisotopic (exact) mass is 686 g/mol. The van der Waals surface area contributed by atoms with E-state index in [9.17, 15) is 0 Å². The van der Waals surface area contributed by atoms with Crippen LogP contribution in [0.3, 0.4) is 0 Å². The summed E-state index contributed by atoms with van der Waals surface area (Å²) in [4.78, 5) is 0. The quantitative estimate of drug-likeness (QED) is 0.173. The molecule has 0 aliphatic heterocycles. The molecule has 0 bridgehead atoms. The van der Waals surface area contributed by atoms with Crippen LogP contribution >= 0.6 is 0 Å². The predicted octanol–water partition coefficient (Wildman–Crippen LogP) is 15.1. The Labute approximate surface area is 310 Å². The SMILES string of the molecule is c1cc(-c2c3ccccc3c(-c3ccc4ccccc4c3)c3ccccc23)cc(-c2cc3ccc4oc5ccccc5c4c3c3c2oc2ccccc23)c1. The summed E-state index contributed by atoms with van der Waals surface area (Å²) >= 11 is 0. The summed E-state index contributed by atoms with van der Waals surface area (Å²) in [6.07, 6.45) is 0. The van der Waals surface area contributed by atoms with E-state index in [1.54, 1.807) is 0 Å². The molecule has 0 amide bonds. The standard InChI is InChI=1S/C52H30O2/c1-2-13-32-28-35(25-24-31(32)12-1)48-39-18-5-3-16-37(39)47(38-17-4-6-19-40(38)48)34-15-11-14-33(29-34)43-30-36-26-27-46-50(41-20-7-9-22-44(41)53-46)49(36)51-42-21-8-10-23-45(42)54-52(43)51/h1-30H. The number of furan rings is 2. The second kappa shape index (κ2) is 11.2. The molecule has 2 heterocycles. The second-order valence-electron chi connectivity index (χ2n) is 14.3. The molecule has 250 valence electrons. The summed E-state index contributed by atoms with van der Waals surface area (Å²) in [5.74, 6) is 0. The Hall–Kier alpha value is -7.16. The molecule has 12 aromatic rings. The molecule has 2 nitrogen and oxygen atoms in total. The minimum absolute atomic E-state index is 0.878. The molecule has 10 aromatic carbocycles. The third-order valence-corrected chi connectivity index (χ3v) is 11.4. The molecule has 0 atom stereocenters. The Kier molecular flexibility index (Phi) is 6.09. The van der Waals surface area contributed by atoms with Crippen LogP contribution in [0.4, 0.5) is 0 Å². The fraction of sp³-hybridized carbons (Fsp3) is 0. The van der Waals surface area contributed by atoms with Crippen molar-refractivity contribution in [2.24, 2.45) is 0 Å². The molecule has 0 saturated heterocycles. The molecule has 0 spiro atoms. The number of hydrogen-bond acceptors (Lipinski definition) is 2. The van der Waals surface area contributed by atoms with E-state index in [4.69, 9.17) is 8.83 Å². The number of rotatable bonds is 3. The van der Waals surface area contributed by atoms with Crippen LogP contribution in [0, 0.1) is 0 Å². The van der Waals surface area contributed by atoms with Crippen LogP contribution in [0.2, 0.25) is 0 Å². The van der Waals surface area contributed by atoms with Gasteiger partial charge in [-0.3, -0.25) is 0 Å². The molecule has 12 rings (SSSR count). The van der Waals surface area contributed by atoms with Crippen molar-refractivity contribution in [1.82, 2.24) is 0 Å². The zero-order chi connectivity index (χ0) is 35.3. The van der Waals surface area contributed by atoms with Crippen molar-refractivity contribution in [3.05, 3.63) is 182 Å². The van der Waals surface area contributed by atoms with Crippen molar-refractivity contribution in [2.45, 2.75) is 0 Å². The van der Waals surface area contributed by atoms with E-state index in [0.29, 0.717) is 0 Å². The van der Waals surface area contributed by atoms with Crippen LogP contribution in [0.15, 0.2) is 191 Å². The summed E-state index contributed by atoms with van der Waals surface area (Å²) in [5.41, 5.74) is 10.6. The van der Waals surface area contributed by atoms with Gasteiger partial charge in [0.1, 0.15) is 22.3 Å². The molecule has 0 radical (unpaired) electrons. The highest BCUT2D eigenvalue weighted by molar-refractivity contribution is 6.33. The van der Waals surface area contributed by atoms with Gasteiger partial charge in [0, 0.05) is 32.5 Å². The molecular weight excluding hydrogens is 657 g/mol. The first-order chi connectivity index (χ1) is 26.8. The van der Waals surface area contributed by atoms with Gasteiger partial charge in [-0.2, -0.15) is 0 Å². The van der Waals surface area contributed by atoms with Crippen molar-refractivity contribution >= 4 is 87.0 Å². The topological polar surface area (TPSA) is 26.3 Å². The normalized spacial score (nSPS) is 12.1. The Balaban J connectivity index is 1.14. The van der Waals surface area contributed by atoms with E-state index < -0.39 is 0 Å². The van der Waals surface area contributed by atoms with Crippen LogP contribution in [-0.4, -0.2) is 0 Å². The lowest BCUT2D eigenvalue weighted by molar-refractivity contribution is 0.669. The van der Waals surface area contributed by atoms with Gasteiger partial charge in [0.2, 0.25) is 0 Å². The van der Waals surface area contributed by atoms with E-state index in [2.05, 4.69) is 164 Å². The Bertz CT molecular complexity index is 3450. The van der Waals surface area contributed by atoms with E-state index in [0.717, 1.165) is 60.4 Å². The maximum atomic E-state index is 6.83. The van der Waals surface area contributed by atoms with Gasteiger partial charge in [0.25, 0.3) is 0 Å². The summed E-state index contributed by atoms with van der Waals surface area (Å²) in [6.45, 7) is 0. The first kappa shape index (κ1) is 29.4. The van der Waals surface area contributed by atoms with Gasteiger partial charge in [-0.25, -0.2) is 0 Å². The molecular formula is C52H30O2. The maximum Gasteiger partial charge on any atom is 0.143 e. The van der Waals surface area contributed by atoms with Gasteiger partial charge >= 0.3 is 0 Å². The van der Waals surface area contributed by atoms with Crippen LogP contribution in [0.25, 0.3) is 120 Å². The highest BCUT2D eigenvalue weighted by atomic mass is 16.3. The molecule has 0 saturated carbocycles. The lowest BCUT2D eigenvalue weighted by Gasteiger charge is -2.18. The van der Waals surface area contributed by atoms with Crippen LogP contribution in [-0.2, 0) is 0 Å². The minimum Gasteiger partial charge on any atom is -0.456 e. The minimum atomic E-state index is 0.878. The first-order valence-corrected chi connectivity index (χ1v) is 18.5. The van der Waals surface area contributed by atoms with Crippen LogP contribution in [0.1, 0.15) is 0 Å². The predicted molar refractivity (Wildman–Crippen MR) is 227 cm³/mol. The van der Waals surface area contributed by atoms with Gasteiger partial charge in [0.05, 0.1) is 0 Å². The number of fused-ring (bicyclic) bond motifs is 12. The van der Waals surface area contributed by atoms with E-state index in [1.165, 1.54) is 60.0 Å². The summed E-state index contributed by atoms with van der Waals surface area (Å²) in [7, 11) is 0. The second-order valence-corrected chi connectivity index (χ2v) is 14.3. The maximum absolute atomic E-state index is 6.83. The first-order valence-electron chi connectivity index (χ1n) is 18.5. The van der Waals surface area contributed by atoms with Crippen molar-refractivity contribution < 1.29 is 8.83 Å². The third kappa shape index (κ3) is 4.17. The lowest BCUT2D eigenvalue weighted by atomic mass is 9.85. The average molecular weight is 687 g/mol. The largest absolute Gasteiger partial charge is 0.456 e. The van der Waals surface area contributed by atoms with Crippen molar-refractivity contribution in [3.8, 4) is 33.4 Å². The summed E-state index contributed by atoms with van der Waals surface area (Å²) in [5, 5.41) is 14.2. The Morgan fingerprint density at radius 2 is 0.815 bits per heavy atom. The van der Waals surface area contributed by atoms with E-state index in [1.807, 2.05) is 18.2 Å². The average Bonchev–Trinajstić information content (AvgIpc) is 3.81. The van der Waals surface area contributed by atoms with E-state index in [-0.39, 0.29) is 0 Å². The van der Waals surface area contributed by atoms with E-state index >= 15 is 0 Å². The molecule has 0 fully saturated rings. The number of para-hydroxylation sites is 2. The van der Waals surface area contributed by atoms with Gasteiger partial charge in [-0.15, -0.1) is 0 Å². The van der Waals surface area contributed by atoms with Crippen molar-refractivity contribution in [1.29, 1.82) is 0 Å². The summed E-state index contributed by atoms with van der Waals surface area (Å²) in [6, 6.07) is 65.6. The highest BCUT2D eigenvalue weighted by Gasteiger charge is 2.22. The zero-order valence-corrected chi connectivity index (χ0v) is 29.1. The third-order valence-electron chi connectivity index (χ3n) is 11.4. The van der Waals surface area contributed by atoms with Crippen LogP contribution in [0.5, 0.6) is 0 Å². The molecule has 0 aliphatic carbocycles. The van der Waals surface area contributed by atoms with Gasteiger partial charge in [0.15, 0.2) is 0 Å². The molecule has 0 unspecified atom stereocenters. The number of benzene rings is 10. The number of hydrogen-bond donors (Lipinski definition) is 0. The van der Waals surface area contributed by atoms with Gasteiger partial charge < -0.3 is 8.83 Å². The fourth-order valence-electron chi connectivity index (χ4n) is 9.08. The zero-order valence-electron chi connectivity index (χ0n) is 29.1. The lowest BCUT2D eigenvalue weighted by Crippen LogP contribution is -1.91. The Morgan fingerprint density at radius 1 is 0.278 bits per heavy atom. The molecule has 0 N–H and O–H groups in total. The van der Waals surface area contributed by atoms with Crippen LogP contribution < -0.4 is 0 Å². The van der Waals surface area contributed by atoms with Gasteiger partial charge in [-0.05, 0) is 102 Å². The van der Waals surface area contributed by atoms with Crippen molar-refractivity contribution in [2.75, 3.05) is 0 Å². The molecule has 0 aliphatic rings. The molecule has 2 aromatic heterocycles. The van der Waals surface area contributed by atoms with Crippen molar-refractivity contribution in [3.63, 3.8) is 0 Å². The molecule has 2 heteroatoms. The summed E-state index contributed by atoms with van der Waals surface area (Å²) < 4.78 is 13.2. The molecule has 54 heavy (non-hydrogen) atoms. The highest BCUT2D eigenvalue weighted by Crippen LogP contribution is 2.48. The van der Waals surface area contributed by atoms with Gasteiger partial charge in [-0.1, -0.05) is 146 Å².